The average molecular weight is 200 g/mol. The van der Waals surface area contributed by atoms with Gasteiger partial charge < -0.3 is 0 Å². The lowest BCUT2D eigenvalue weighted by atomic mass is 10.5. The molecule has 0 aromatic heterocycles. The van der Waals surface area contributed by atoms with Crippen molar-refractivity contribution < 1.29 is 0 Å². The van der Waals surface area contributed by atoms with Crippen LogP contribution < -0.4 is 0 Å². The molecular weight excluding hydrogens is 168 g/mol. The van der Waals surface area contributed by atoms with Crippen molar-refractivity contribution >= 4 is 0 Å². The Bertz CT molecular complexity index is 82.2. The van der Waals surface area contributed by atoms with Crippen LogP contribution in [0.4, 0.5) is 0 Å². The summed E-state index contributed by atoms with van der Waals surface area (Å²) >= 11 is 0. The van der Waals surface area contributed by atoms with Crippen LogP contribution in [0.25, 0.3) is 0 Å². The molecule has 0 aliphatic heterocycles. The molecule has 0 heteroatoms. The minimum atomic E-state index is 0. The molecule has 0 spiro atoms. The lowest BCUT2D eigenvalue weighted by Gasteiger charge is -1.56. The van der Waals surface area contributed by atoms with Gasteiger partial charge in [-0.05, 0) is 20.8 Å². The summed E-state index contributed by atoms with van der Waals surface area (Å²) in [6, 6.07) is 0. The van der Waals surface area contributed by atoms with Crippen molar-refractivity contribution in [2.45, 2.75) is 55.9 Å². The van der Waals surface area contributed by atoms with E-state index in [1.165, 1.54) is 0 Å². The van der Waals surface area contributed by atoms with Crippen LogP contribution in [0.15, 0.2) is 37.0 Å². The smallest absolute Gasteiger partial charge is 0.0467 e. The van der Waals surface area contributed by atoms with E-state index in [-0.39, 0.29) is 7.43 Å². The Hall–Kier alpha value is -0.780. The van der Waals surface area contributed by atoms with Gasteiger partial charge in [0.25, 0.3) is 0 Å². The largest absolute Gasteiger partial charge is 0.0991 e. The van der Waals surface area contributed by atoms with Crippen LogP contribution in [-0.4, -0.2) is 0 Å². The van der Waals surface area contributed by atoms with Crippen LogP contribution in [0, 0.1) is 0 Å². The van der Waals surface area contributed by atoms with Gasteiger partial charge in [0.2, 0.25) is 0 Å². The fourth-order valence-corrected chi connectivity index (χ4v) is 0.136. The lowest BCUT2D eigenvalue weighted by Crippen LogP contribution is -1.33. The molecule has 0 bridgehead atoms. The molecule has 0 N–H and O–H groups in total. The van der Waals surface area contributed by atoms with Crippen molar-refractivity contribution in [3.8, 4) is 0 Å². The fourth-order valence-electron chi connectivity index (χ4n) is 0.136. The summed E-state index contributed by atoms with van der Waals surface area (Å²) in [7, 11) is 0. The van der Waals surface area contributed by atoms with E-state index >= 15 is 0 Å². The highest BCUT2D eigenvalue weighted by molar-refractivity contribution is 4.94. The SMILES string of the molecule is C.C/C=C\C.C=C/C=C\C.CC.CC. The van der Waals surface area contributed by atoms with E-state index in [2.05, 4.69) is 6.58 Å². The van der Waals surface area contributed by atoms with Crippen molar-refractivity contribution in [1.82, 2.24) is 0 Å². The van der Waals surface area contributed by atoms with Crippen molar-refractivity contribution in [3.63, 3.8) is 0 Å². The highest BCUT2D eigenvalue weighted by Gasteiger charge is 1.42. The van der Waals surface area contributed by atoms with Gasteiger partial charge in [-0.1, -0.05) is 72.1 Å². The molecule has 0 aliphatic rings. The summed E-state index contributed by atoms with van der Waals surface area (Å²) in [6.45, 7) is 17.4. The van der Waals surface area contributed by atoms with Crippen LogP contribution in [0.5, 0.6) is 0 Å². The molecule has 0 aromatic rings. The first-order valence-electron chi connectivity index (χ1n) is 5.14. The molecule has 0 heterocycles. The Morgan fingerprint density at radius 1 is 0.714 bits per heavy atom. The van der Waals surface area contributed by atoms with Crippen LogP contribution in [-0.2, 0) is 0 Å². The highest BCUT2D eigenvalue weighted by Crippen LogP contribution is 1.64. The molecule has 0 unspecified atom stereocenters. The number of allylic oxidation sites excluding steroid dienone is 5. The molecular formula is C14H32. The zero-order valence-corrected chi connectivity index (χ0v) is 10.6. The van der Waals surface area contributed by atoms with E-state index in [9.17, 15) is 0 Å². The summed E-state index contributed by atoms with van der Waals surface area (Å²) in [5.74, 6) is 0. The quantitative estimate of drug-likeness (QED) is 0.358. The minimum Gasteiger partial charge on any atom is -0.0991 e. The molecule has 0 atom stereocenters. The first-order valence-corrected chi connectivity index (χ1v) is 5.14. The lowest BCUT2D eigenvalue weighted by molar-refractivity contribution is 1.50. The molecule has 0 rings (SSSR count). The zero-order chi connectivity index (χ0) is 11.5. The van der Waals surface area contributed by atoms with Crippen LogP contribution >= 0.6 is 0 Å². The van der Waals surface area contributed by atoms with Gasteiger partial charge in [0.05, 0.1) is 0 Å². The molecule has 0 saturated heterocycles. The Kier molecular flexibility index (Phi) is 180. The Morgan fingerprint density at radius 3 is 1.00 bits per heavy atom. The first-order chi connectivity index (χ1) is 6.33. The van der Waals surface area contributed by atoms with Crippen LogP contribution in [0.1, 0.15) is 55.9 Å². The van der Waals surface area contributed by atoms with E-state index in [1.807, 2.05) is 72.8 Å². The second-order valence-electron chi connectivity index (χ2n) is 1.43. The predicted molar refractivity (Wildman–Crippen MR) is 74.9 cm³/mol. The van der Waals surface area contributed by atoms with E-state index in [1.54, 1.807) is 6.08 Å². The van der Waals surface area contributed by atoms with Gasteiger partial charge in [-0.25, -0.2) is 0 Å². The molecule has 0 aromatic carbocycles. The van der Waals surface area contributed by atoms with Gasteiger partial charge in [0.1, 0.15) is 0 Å². The third-order valence-corrected chi connectivity index (χ3v) is 0.662. The topological polar surface area (TPSA) is 0 Å². The van der Waals surface area contributed by atoms with E-state index in [0.29, 0.717) is 0 Å². The number of hydrogen-bond acceptors (Lipinski definition) is 0. The van der Waals surface area contributed by atoms with Gasteiger partial charge in [-0.15, -0.1) is 0 Å². The Labute approximate surface area is 93.4 Å². The van der Waals surface area contributed by atoms with Gasteiger partial charge in [0.15, 0.2) is 0 Å². The number of hydrogen-bond donors (Lipinski definition) is 0. The van der Waals surface area contributed by atoms with Crippen molar-refractivity contribution in [3.05, 3.63) is 37.0 Å². The minimum absolute atomic E-state index is 0. The molecule has 14 heavy (non-hydrogen) atoms. The van der Waals surface area contributed by atoms with E-state index in [4.69, 9.17) is 0 Å². The molecule has 0 radical (unpaired) electrons. The van der Waals surface area contributed by atoms with Gasteiger partial charge in [-0.3, -0.25) is 0 Å². The average Bonchev–Trinajstić information content (AvgIpc) is 2.25. The second kappa shape index (κ2) is 86.4. The predicted octanol–water partition coefficient (Wildman–Crippen LogP) is 6.02. The molecule has 0 aliphatic carbocycles. The normalized spacial score (nSPS) is 6.79. The van der Waals surface area contributed by atoms with Crippen molar-refractivity contribution in [1.29, 1.82) is 0 Å². The number of rotatable bonds is 1. The van der Waals surface area contributed by atoms with E-state index in [0.717, 1.165) is 0 Å². The molecule has 0 amide bonds. The third kappa shape index (κ3) is 238. The second-order valence-corrected chi connectivity index (χ2v) is 1.43. The van der Waals surface area contributed by atoms with Gasteiger partial charge in [-0.2, -0.15) is 0 Å². The summed E-state index contributed by atoms with van der Waals surface area (Å²) < 4.78 is 0. The standard InChI is InChI=1S/C5H8.C4H8.2C2H6.CH4/c1-3-5-4-2;1-3-4-2;2*1-2;/h3-5H,1H2,2H3;3-4H,1-2H3;2*1-2H3;1H4/b5-4-;4-3-;;;. The van der Waals surface area contributed by atoms with Crippen LogP contribution in [0.3, 0.4) is 0 Å². The first kappa shape index (κ1) is 29.2. The zero-order valence-electron chi connectivity index (χ0n) is 10.6. The summed E-state index contributed by atoms with van der Waals surface area (Å²) in [5.41, 5.74) is 0. The molecule has 0 saturated carbocycles. The fraction of sp³-hybridized carbons (Fsp3) is 0.571. The Balaban J connectivity index is -0.0000000273. The van der Waals surface area contributed by atoms with Crippen molar-refractivity contribution in [2.75, 3.05) is 0 Å². The molecule has 0 nitrogen and oxygen atoms in total. The third-order valence-electron chi connectivity index (χ3n) is 0.662. The summed E-state index contributed by atoms with van der Waals surface area (Å²) in [5, 5.41) is 0. The molecule has 0 fully saturated rings. The van der Waals surface area contributed by atoms with E-state index < -0.39 is 0 Å². The monoisotopic (exact) mass is 200 g/mol. The maximum atomic E-state index is 3.46. The molecule has 88 valence electrons. The highest BCUT2D eigenvalue weighted by atomic mass is 13.5. The maximum absolute atomic E-state index is 3.46. The van der Waals surface area contributed by atoms with Gasteiger partial charge in [0, 0.05) is 0 Å². The van der Waals surface area contributed by atoms with Crippen molar-refractivity contribution in [2.24, 2.45) is 0 Å². The van der Waals surface area contributed by atoms with Gasteiger partial charge >= 0.3 is 0 Å². The van der Waals surface area contributed by atoms with Crippen LogP contribution in [0.2, 0.25) is 0 Å². The Morgan fingerprint density at radius 2 is 1.00 bits per heavy atom. The maximum Gasteiger partial charge on any atom is -0.0467 e. The summed E-state index contributed by atoms with van der Waals surface area (Å²) in [6.07, 6.45) is 9.58. The summed E-state index contributed by atoms with van der Waals surface area (Å²) in [4.78, 5) is 0.